The van der Waals surface area contributed by atoms with Crippen LogP contribution in [0, 0.1) is 0 Å². The van der Waals surface area contributed by atoms with Crippen LogP contribution in [0.2, 0.25) is 12.1 Å². The van der Waals surface area contributed by atoms with Gasteiger partial charge >= 0.3 is 0 Å². The van der Waals surface area contributed by atoms with E-state index >= 15 is 0 Å². The van der Waals surface area contributed by atoms with Crippen molar-refractivity contribution < 1.29 is 0 Å². The molecule has 0 aliphatic heterocycles. The molecule has 1 unspecified atom stereocenters. The van der Waals surface area contributed by atoms with Crippen molar-refractivity contribution in [3.8, 4) is 0 Å². The third-order valence-corrected chi connectivity index (χ3v) is 3.65. The summed E-state index contributed by atoms with van der Waals surface area (Å²) in [5, 5.41) is 0.517. The van der Waals surface area contributed by atoms with Gasteiger partial charge in [-0.2, -0.15) is 0 Å². The first kappa shape index (κ1) is 15.1. The van der Waals surface area contributed by atoms with Crippen LogP contribution in [0.4, 0.5) is 0 Å². The van der Waals surface area contributed by atoms with Gasteiger partial charge in [-0.3, -0.25) is 0 Å². The molecule has 0 saturated heterocycles. The molecule has 15 heavy (non-hydrogen) atoms. The van der Waals surface area contributed by atoms with Gasteiger partial charge in [0.15, 0.2) is 0 Å². The van der Waals surface area contributed by atoms with Crippen molar-refractivity contribution in [1.29, 1.82) is 0 Å². The fraction of sp³-hybridized carbons (Fsp3) is 1.00. The highest BCUT2D eigenvalue weighted by Crippen LogP contribution is 2.37. The Labute approximate surface area is 98.5 Å². The fourth-order valence-corrected chi connectivity index (χ4v) is 2.15. The lowest BCUT2D eigenvalue weighted by atomic mass is 9.51. The highest BCUT2D eigenvalue weighted by atomic mass is 14.2. The first-order valence-electron chi connectivity index (χ1n) is 6.99. The summed E-state index contributed by atoms with van der Waals surface area (Å²) in [6.45, 7) is 9.25. The van der Waals surface area contributed by atoms with Crippen molar-refractivity contribution in [3.63, 3.8) is 0 Å². The molecule has 0 N–H and O–H groups in total. The van der Waals surface area contributed by atoms with Crippen LogP contribution in [0.1, 0.15) is 78.6 Å². The minimum Gasteiger partial charge on any atom is -0.0914 e. The van der Waals surface area contributed by atoms with Gasteiger partial charge < -0.3 is 0 Å². The van der Waals surface area contributed by atoms with E-state index in [1.807, 2.05) is 0 Å². The van der Waals surface area contributed by atoms with Gasteiger partial charge in [0.05, 0.1) is 0 Å². The predicted molar refractivity (Wildman–Crippen MR) is 72.9 cm³/mol. The fourth-order valence-electron chi connectivity index (χ4n) is 2.15. The minimum absolute atomic E-state index is 0.517. The zero-order valence-corrected chi connectivity index (χ0v) is 11.4. The monoisotopic (exact) mass is 209 g/mol. The third kappa shape index (κ3) is 7.93. The summed E-state index contributed by atoms with van der Waals surface area (Å²) in [6.07, 6.45) is 12.5. The molecular weight excluding hydrogens is 179 g/mol. The van der Waals surface area contributed by atoms with Crippen molar-refractivity contribution in [3.05, 3.63) is 0 Å². The smallest absolute Gasteiger partial charge is 0.0914 e. The Morgan fingerprint density at radius 1 is 0.800 bits per heavy atom. The van der Waals surface area contributed by atoms with Crippen molar-refractivity contribution in [2.24, 2.45) is 0 Å². The van der Waals surface area contributed by atoms with Gasteiger partial charge in [-0.25, -0.2) is 0 Å². The van der Waals surface area contributed by atoms with Crippen LogP contribution in [0.5, 0.6) is 0 Å². The minimum atomic E-state index is 0.517. The molecular formula is C14H30B. The average Bonchev–Trinajstić information content (AvgIpc) is 2.25. The zero-order chi connectivity index (χ0) is 11.6. The SMILES string of the molecule is C[B]C(C)(CCCCC)CCCCCC. The summed E-state index contributed by atoms with van der Waals surface area (Å²) in [6, 6.07) is 0. The molecule has 0 aromatic heterocycles. The average molecular weight is 209 g/mol. The summed E-state index contributed by atoms with van der Waals surface area (Å²) in [5.41, 5.74) is 0. The Bertz CT molecular complexity index is 133. The first-order chi connectivity index (χ1) is 7.18. The van der Waals surface area contributed by atoms with Crippen LogP contribution in [0.3, 0.4) is 0 Å². The summed E-state index contributed by atoms with van der Waals surface area (Å²) >= 11 is 0. The van der Waals surface area contributed by atoms with Gasteiger partial charge in [0, 0.05) is 0 Å². The standard InChI is InChI=1S/C14H30B/c1-5-7-9-11-13-14(3,15-4)12-10-8-6-2/h5-13H2,1-4H3. The Hall–Kier alpha value is 0.0649. The van der Waals surface area contributed by atoms with Gasteiger partial charge in [0.25, 0.3) is 0 Å². The van der Waals surface area contributed by atoms with Gasteiger partial charge in [0.1, 0.15) is 7.28 Å². The molecule has 0 bridgehead atoms. The number of unbranched alkanes of at least 4 members (excludes halogenated alkanes) is 5. The van der Waals surface area contributed by atoms with Crippen LogP contribution in [0.25, 0.3) is 0 Å². The van der Waals surface area contributed by atoms with E-state index in [9.17, 15) is 0 Å². The Kier molecular flexibility index (Phi) is 9.34. The van der Waals surface area contributed by atoms with E-state index in [4.69, 9.17) is 0 Å². The van der Waals surface area contributed by atoms with E-state index in [-0.39, 0.29) is 0 Å². The molecule has 0 amide bonds. The maximum Gasteiger partial charge on any atom is 0.114 e. The van der Waals surface area contributed by atoms with Crippen LogP contribution >= 0.6 is 0 Å². The van der Waals surface area contributed by atoms with E-state index < -0.39 is 0 Å². The Balaban J connectivity index is 3.65. The molecule has 1 heteroatoms. The second-order valence-electron chi connectivity index (χ2n) is 5.21. The topological polar surface area (TPSA) is 0 Å². The summed E-state index contributed by atoms with van der Waals surface area (Å²) in [4.78, 5) is 0. The molecule has 0 nitrogen and oxygen atoms in total. The van der Waals surface area contributed by atoms with Crippen molar-refractivity contribution in [2.75, 3.05) is 0 Å². The summed E-state index contributed by atoms with van der Waals surface area (Å²) < 4.78 is 0. The molecule has 0 aliphatic rings. The summed E-state index contributed by atoms with van der Waals surface area (Å²) in [5.74, 6) is 0. The van der Waals surface area contributed by atoms with E-state index in [1.165, 1.54) is 57.8 Å². The normalized spacial score (nSPS) is 14.9. The molecule has 0 saturated carbocycles. The van der Waals surface area contributed by atoms with Crippen LogP contribution < -0.4 is 0 Å². The van der Waals surface area contributed by atoms with E-state index in [1.54, 1.807) is 0 Å². The highest BCUT2D eigenvalue weighted by molar-refractivity contribution is 6.38. The quantitative estimate of drug-likeness (QED) is 0.330. The van der Waals surface area contributed by atoms with E-state index in [0.717, 1.165) is 0 Å². The summed E-state index contributed by atoms with van der Waals surface area (Å²) in [7, 11) is 2.44. The zero-order valence-electron chi connectivity index (χ0n) is 11.4. The lowest BCUT2D eigenvalue weighted by molar-refractivity contribution is 0.454. The van der Waals surface area contributed by atoms with Crippen LogP contribution in [-0.4, -0.2) is 7.28 Å². The predicted octanol–water partition coefficient (Wildman–Crippen LogP) is 5.47. The van der Waals surface area contributed by atoms with Gasteiger partial charge in [-0.05, 0) is 0 Å². The molecule has 89 valence electrons. The Morgan fingerprint density at radius 3 is 1.73 bits per heavy atom. The molecule has 0 aromatic carbocycles. The molecule has 1 radical (unpaired) electrons. The molecule has 1 atom stereocenters. The first-order valence-corrected chi connectivity index (χ1v) is 6.99. The number of hydrogen-bond acceptors (Lipinski definition) is 0. The maximum absolute atomic E-state index is 2.44. The van der Waals surface area contributed by atoms with Gasteiger partial charge in [0.2, 0.25) is 0 Å². The highest BCUT2D eigenvalue weighted by Gasteiger charge is 2.21. The lowest BCUT2D eigenvalue weighted by Crippen LogP contribution is -2.14. The maximum atomic E-state index is 2.44. The molecule has 0 aliphatic carbocycles. The second-order valence-corrected chi connectivity index (χ2v) is 5.21. The Morgan fingerprint density at radius 2 is 1.27 bits per heavy atom. The number of hydrogen-bond donors (Lipinski definition) is 0. The third-order valence-electron chi connectivity index (χ3n) is 3.65. The lowest BCUT2D eigenvalue weighted by Gasteiger charge is -2.28. The van der Waals surface area contributed by atoms with Crippen molar-refractivity contribution in [2.45, 2.75) is 90.7 Å². The van der Waals surface area contributed by atoms with E-state index in [0.29, 0.717) is 5.31 Å². The van der Waals surface area contributed by atoms with Crippen LogP contribution in [-0.2, 0) is 0 Å². The van der Waals surface area contributed by atoms with Crippen LogP contribution in [0.15, 0.2) is 0 Å². The molecule has 0 spiro atoms. The largest absolute Gasteiger partial charge is 0.114 e. The van der Waals surface area contributed by atoms with Gasteiger partial charge in [-0.1, -0.05) is 90.7 Å². The molecule has 0 rings (SSSR count). The van der Waals surface area contributed by atoms with Crippen molar-refractivity contribution >= 4 is 7.28 Å². The molecule has 0 aromatic rings. The van der Waals surface area contributed by atoms with E-state index in [2.05, 4.69) is 34.9 Å². The number of rotatable bonds is 10. The van der Waals surface area contributed by atoms with Gasteiger partial charge in [-0.15, -0.1) is 0 Å². The molecule has 0 fully saturated rings. The van der Waals surface area contributed by atoms with Crippen molar-refractivity contribution in [1.82, 2.24) is 0 Å². The molecule has 0 heterocycles. The second kappa shape index (κ2) is 9.30.